The first kappa shape index (κ1) is 12.4. The first-order valence-electron chi connectivity index (χ1n) is 4.62. The van der Waals surface area contributed by atoms with Gasteiger partial charge in [0.1, 0.15) is 6.29 Å². The molecule has 0 aromatic heterocycles. The molecule has 0 bridgehead atoms. The highest BCUT2D eigenvalue weighted by atomic mass is 35.5. The van der Waals surface area contributed by atoms with E-state index in [-0.39, 0.29) is 10.7 Å². The summed E-state index contributed by atoms with van der Waals surface area (Å²) in [7, 11) is 0. The van der Waals surface area contributed by atoms with Crippen LogP contribution in [-0.2, 0) is 4.79 Å². The van der Waals surface area contributed by atoms with Gasteiger partial charge in [-0.2, -0.15) is 0 Å². The van der Waals surface area contributed by atoms with Gasteiger partial charge in [-0.1, -0.05) is 18.2 Å². The minimum atomic E-state index is -0.510. The van der Waals surface area contributed by atoms with Gasteiger partial charge < -0.3 is 4.79 Å². The standard InChI is InChI=1S/C11H10ClNO3/c1-8(3-2-6-14)10-5-4-9(13(15)16)7-11(10)12/h4-7H,1-3H2. The lowest BCUT2D eigenvalue weighted by Crippen LogP contribution is -1.91. The second-order valence-corrected chi connectivity index (χ2v) is 3.64. The van der Waals surface area contributed by atoms with Crippen LogP contribution in [0.2, 0.25) is 5.02 Å². The zero-order valence-corrected chi connectivity index (χ0v) is 9.24. The molecule has 0 fully saturated rings. The van der Waals surface area contributed by atoms with Crippen LogP contribution in [0.3, 0.4) is 0 Å². The predicted octanol–water partition coefficient (Wildman–Crippen LogP) is 3.24. The molecule has 0 aliphatic rings. The fourth-order valence-corrected chi connectivity index (χ4v) is 1.58. The Morgan fingerprint density at radius 1 is 1.56 bits per heavy atom. The summed E-state index contributed by atoms with van der Waals surface area (Å²) in [5.41, 5.74) is 1.29. The van der Waals surface area contributed by atoms with E-state index in [1.807, 2.05) is 0 Å². The highest BCUT2D eigenvalue weighted by Gasteiger charge is 2.10. The second-order valence-electron chi connectivity index (χ2n) is 3.23. The molecule has 16 heavy (non-hydrogen) atoms. The summed E-state index contributed by atoms with van der Waals surface area (Å²) < 4.78 is 0. The minimum Gasteiger partial charge on any atom is -0.303 e. The van der Waals surface area contributed by atoms with Crippen molar-refractivity contribution in [2.24, 2.45) is 0 Å². The normalized spacial score (nSPS) is 9.81. The number of carbonyl (C=O) groups is 1. The number of benzene rings is 1. The van der Waals surface area contributed by atoms with E-state index in [4.69, 9.17) is 11.6 Å². The molecule has 1 aromatic carbocycles. The maximum Gasteiger partial charge on any atom is 0.270 e. The molecule has 4 nitrogen and oxygen atoms in total. The number of carbonyl (C=O) groups excluding carboxylic acids is 1. The summed E-state index contributed by atoms with van der Waals surface area (Å²) in [6, 6.07) is 4.20. The number of halogens is 1. The van der Waals surface area contributed by atoms with Crippen LogP contribution in [0.1, 0.15) is 18.4 Å². The van der Waals surface area contributed by atoms with Crippen molar-refractivity contribution in [2.75, 3.05) is 0 Å². The van der Waals surface area contributed by atoms with Crippen LogP contribution in [0.4, 0.5) is 5.69 Å². The molecular weight excluding hydrogens is 230 g/mol. The van der Waals surface area contributed by atoms with Crippen LogP contribution in [0.25, 0.3) is 5.57 Å². The second kappa shape index (κ2) is 5.42. The molecule has 0 spiro atoms. The van der Waals surface area contributed by atoms with E-state index in [0.717, 1.165) is 6.29 Å². The van der Waals surface area contributed by atoms with E-state index in [0.29, 0.717) is 24.0 Å². The summed E-state index contributed by atoms with van der Waals surface area (Å²) >= 11 is 5.89. The molecule has 0 radical (unpaired) electrons. The molecular formula is C11H10ClNO3. The quantitative estimate of drug-likeness (QED) is 0.450. The van der Waals surface area contributed by atoms with Crippen molar-refractivity contribution in [3.05, 3.63) is 45.5 Å². The van der Waals surface area contributed by atoms with Gasteiger partial charge in [-0.05, 0) is 23.6 Å². The Morgan fingerprint density at radius 2 is 2.25 bits per heavy atom. The third-order valence-electron chi connectivity index (χ3n) is 2.11. The Morgan fingerprint density at radius 3 is 2.75 bits per heavy atom. The van der Waals surface area contributed by atoms with Gasteiger partial charge in [0, 0.05) is 18.6 Å². The highest BCUT2D eigenvalue weighted by molar-refractivity contribution is 6.32. The fourth-order valence-electron chi connectivity index (χ4n) is 1.27. The van der Waals surface area contributed by atoms with Gasteiger partial charge in [-0.25, -0.2) is 0 Å². The van der Waals surface area contributed by atoms with Gasteiger partial charge >= 0.3 is 0 Å². The maximum atomic E-state index is 10.5. The zero-order chi connectivity index (χ0) is 12.1. The summed E-state index contributed by atoms with van der Waals surface area (Å²) in [6.45, 7) is 3.78. The molecule has 0 saturated carbocycles. The molecule has 84 valence electrons. The minimum absolute atomic E-state index is 0.0584. The molecule has 0 N–H and O–H groups in total. The molecule has 0 aliphatic carbocycles. The van der Waals surface area contributed by atoms with Crippen LogP contribution in [0.5, 0.6) is 0 Å². The monoisotopic (exact) mass is 239 g/mol. The van der Waals surface area contributed by atoms with E-state index in [1.54, 1.807) is 6.07 Å². The van der Waals surface area contributed by atoms with Crippen LogP contribution in [0.15, 0.2) is 24.8 Å². The van der Waals surface area contributed by atoms with Gasteiger partial charge in [0.05, 0.1) is 9.95 Å². The van der Waals surface area contributed by atoms with E-state index < -0.39 is 4.92 Å². The molecule has 0 saturated heterocycles. The Bertz CT molecular complexity index is 443. The number of nitro groups is 1. The number of aldehydes is 1. The first-order valence-corrected chi connectivity index (χ1v) is 4.99. The smallest absolute Gasteiger partial charge is 0.270 e. The topological polar surface area (TPSA) is 60.2 Å². The number of rotatable bonds is 5. The fraction of sp³-hybridized carbons (Fsp3) is 0.182. The number of hydrogen-bond donors (Lipinski definition) is 0. The average Bonchev–Trinajstić information content (AvgIpc) is 2.25. The zero-order valence-electron chi connectivity index (χ0n) is 8.48. The molecule has 1 rings (SSSR count). The average molecular weight is 240 g/mol. The van der Waals surface area contributed by atoms with Crippen molar-refractivity contribution in [1.29, 1.82) is 0 Å². The Balaban J connectivity index is 2.94. The largest absolute Gasteiger partial charge is 0.303 e. The number of nitro benzene ring substituents is 1. The molecule has 0 aliphatic heterocycles. The van der Waals surface area contributed by atoms with Crippen LogP contribution < -0.4 is 0 Å². The number of nitrogens with zero attached hydrogens (tertiary/aromatic N) is 1. The third-order valence-corrected chi connectivity index (χ3v) is 2.42. The Hall–Kier alpha value is -1.68. The summed E-state index contributed by atoms with van der Waals surface area (Å²) in [5, 5.41) is 10.8. The van der Waals surface area contributed by atoms with E-state index >= 15 is 0 Å². The molecule has 0 unspecified atom stereocenters. The summed E-state index contributed by atoms with van der Waals surface area (Å²) in [6.07, 6.45) is 1.66. The molecule has 0 heterocycles. The van der Waals surface area contributed by atoms with Gasteiger partial charge in [0.2, 0.25) is 0 Å². The van der Waals surface area contributed by atoms with Gasteiger partial charge in [-0.3, -0.25) is 10.1 Å². The lowest BCUT2D eigenvalue weighted by Gasteiger charge is -2.05. The molecule has 5 heteroatoms. The number of non-ortho nitro benzene ring substituents is 1. The Kier molecular flexibility index (Phi) is 4.19. The lowest BCUT2D eigenvalue weighted by molar-refractivity contribution is -0.384. The summed E-state index contributed by atoms with van der Waals surface area (Å²) in [4.78, 5) is 20.2. The van der Waals surface area contributed by atoms with Crippen molar-refractivity contribution in [2.45, 2.75) is 12.8 Å². The highest BCUT2D eigenvalue weighted by Crippen LogP contribution is 2.29. The predicted molar refractivity (Wildman–Crippen MR) is 62.4 cm³/mol. The van der Waals surface area contributed by atoms with Crippen LogP contribution in [-0.4, -0.2) is 11.2 Å². The van der Waals surface area contributed by atoms with Crippen molar-refractivity contribution in [3.8, 4) is 0 Å². The Labute approximate surface area is 97.7 Å². The van der Waals surface area contributed by atoms with Crippen molar-refractivity contribution >= 4 is 29.1 Å². The van der Waals surface area contributed by atoms with Crippen LogP contribution in [0, 0.1) is 10.1 Å². The van der Waals surface area contributed by atoms with Crippen molar-refractivity contribution in [1.82, 2.24) is 0 Å². The lowest BCUT2D eigenvalue weighted by atomic mass is 10.0. The van der Waals surface area contributed by atoms with Crippen molar-refractivity contribution < 1.29 is 9.72 Å². The van der Waals surface area contributed by atoms with Gasteiger partial charge in [-0.15, -0.1) is 0 Å². The van der Waals surface area contributed by atoms with Crippen molar-refractivity contribution in [3.63, 3.8) is 0 Å². The van der Waals surface area contributed by atoms with Gasteiger partial charge in [0.15, 0.2) is 0 Å². The molecule has 0 amide bonds. The first-order chi connectivity index (χ1) is 7.56. The third kappa shape index (κ3) is 2.90. The van der Waals surface area contributed by atoms with E-state index in [1.165, 1.54) is 12.1 Å². The van der Waals surface area contributed by atoms with E-state index in [9.17, 15) is 14.9 Å². The summed E-state index contributed by atoms with van der Waals surface area (Å²) in [5.74, 6) is 0. The van der Waals surface area contributed by atoms with Crippen LogP contribution >= 0.6 is 11.6 Å². The van der Waals surface area contributed by atoms with E-state index in [2.05, 4.69) is 6.58 Å². The number of hydrogen-bond acceptors (Lipinski definition) is 3. The van der Waals surface area contributed by atoms with Gasteiger partial charge in [0.25, 0.3) is 5.69 Å². The molecule has 1 aromatic rings. The maximum absolute atomic E-state index is 10.5. The SMILES string of the molecule is C=C(CCC=O)c1ccc([N+](=O)[O-])cc1Cl. The number of allylic oxidation sites excluding steroid dienone is 1. The molecule has 0 atom stereocenters.